The molecule has 0 bridgehead atoms. The van der Waals surface area contributed by atoms with Crippen LogP contribution in [-0.4, -0.2) is 41.5 Å². The lowest BCUT2D eigenvalue weighted by atomic mass is 10.0. The normalized spacial score (nSPS) is 17.0. The van der Waals surface area contributed by atoms with Crippen molar-refractivity contribution in [3.63, 3.8) is 0 Å². The summed E-state index contributed by atoms with van der Waals surface area (Å²) in [6, 6.07) is 6.03. The molecule has 0 saturated carbocycles. The van der Waals surface area contributed by atoms with Crippen molar-refractivity contribution in [2.75, 3.05) is 16.8 Å². The first-order valence-electron chi connectivity index (χ1n) is 8.95. The Morgan fingerprint density at radius 2 is 2.22 bits per heavy atom. The van der Waals surface area contributed by atoms with Crippen molar-refractivity contribution in [3.05, 3.63) is 41.9 Å². The molecule has 1 unspecified atom stereocenters. The Morgan fingerprint density at radius 1 is 1.30 bits per heavy atom. The van der Waals surface area contributed by atoms with E-state index in [1.165, 1.54) is 5.75 Å². The number of nitrogens with one attached hydrogen (secondary N) is 1. The zero-order valence-corrected chi connectivity index (χ0v) is 16.0. The number of anilines is 2. The van der Waals surface area contributed by atoms with Gasteiger partial charge < -0.3 is 5.32 Å². The van der Waals surface area contributed by atoms with Crippen LogP contribution in [0.1, 0.15) is 23.6 Å². The predicted octanol–water partition coefficient (Wildman–Crippen LogP) is 3.58. The summed E-state index contributed by atoms with van der Waals surface area (Å²) in [5.74, 6) is 3.37. The number of aromatic nitrogens is 6. The Balaban J connectivity index is 1.55. The van der Waals surface area contributed by atoms with Gasteiger partial charge in [0.1, 0.15) is 11.0 Å². The second-order valence-corrected chi connectivity index (χ2v) is 8.03. The molecule has 1 aliphatic rings. The van der Waals surface area contributed by atoms with Crippen molar-refractivity contribution in [2.24, 2.45) is 7.05 Å². The molecule has 0 spiro atoms. The molecule has 1 N–H and O–H groups in total. The highest BCUT2D eigenvalue weighted by molar-refractivity contribution is 7.99. The number of nitrogens with zero attached hydrogens (tertiary/aromatic N) is 6. The van der Waals surface area contributed by atoms with E-state index in [0.717, 1.165) is 51.1 Å². The lowest BCUT2D eigenvalue weighted by Gasteiger charge is -2.10. The van der Waals surface area contributed by atoms with Crippen LogP contribution in [0.4, 0.5) is 11.6 Å². The summed E-state index contributed by atoms with van der Waals surface area (Å²) in [6.07, 6.45) is 4.71. The molecule has 1 atom stereocenters. The molecule has 1 saturated heterocycles. The molecular formula is C19H19N7S. The second kappa shape index (κ2) is 6.45. The fourth-order valence-electron chi connectivity index (χ4n) is 3.54. The number of benzene rings is 1. The molecule has 136 valence electrons. The van der Waals surface area contributed by atoms with Gasteiger partial charge in [0, 0.05) is 29.8 Å². The summed E-state index contributed by atoms with van der Waals surface area (Å²) in [5.41, 5.74) is 5.94. The third kappa shape index (κ3) is 2.90. The molecule has 1 aromatic carbocycles. The quantitative estimate of drug-likeness (QED) is 0.584. The van der Waals surface area contributed by atoms with Gasteiger partial charge in [-0.1, -0.05) is 0 Å². The van der Waals surface area contributed by atoms with E-state index < -0.39 is 0 Å². The van der Waals surface area contributed by atoms with Gasteiger partial charge in [0.25, 0.3) is 0 Å². The summed E-state index contributed by atoms with van der Waals surface area (Å²) in [6.45, 7) is 2.04. The minimum atomic E-state index is 0.474. The van der Waals surface area contributed by atoms with Crippen LogP contribution >= 0.6 is 11.8 Å². The summed E-state index contributed by atoms with van der Waals surface area (Å²) < 4.78 is 1.89. The third-order valence-corrected chi connectivity index (χ3v) is 6.20. The van der Waals surface area contributed by atoms with Gasteiger partial charge in [-0.25, -0.2) is 9.97 Å². The smallest absolute Gasteiger partial charge is 0.227 e. The lowest BCUT2D eigenvalue weighted by molar-refractivity contribution is 0.699. The van der Waals surface area contributed by atoms with E-state index in [2.05, 4.69) is 26.6 Å². The maximum Gasteiger partial charge on any atom is 0.227 e. The second-order valence-electron chi connectivity index (χ2n) is 6.88. The maximum absolute atomic E-state index is 4.81. The van der Waals surface area contributed by atoms with Crippen molar-refractivity contribution in [1.29, 1.82) is 0 Å². The van der Waals surface area contributed by atoms with Crippen molar-refractivity contribution in [3.8, 4) is 0 Å². The van der Waals surface area contributed by atoms with Crippen LogP contribution in [-0.2, 0) is 7.05 Å². The van der Waals surface area contributed by atoms with Gasteiger partial charge in [-0.05, 0) is 42.9 Å². The Bertz CT molecular complexity index is 1150. The number of aryl methyl sites for hydroxylation is 2. The molecule has 0 aliphatic carbocycles. The standard InChI is InChI=1S/C19H19N7S/c1-11-7-15-12(3-5-21-24-15)8-14(11)22-19-20-9-16-18(23-19)17(25-26(16)2)13-4-6-27-10-13/h3,5,7-9,13H,4,6,10H2,1-2H3,(H,20,22,23). The summed E-state index contributed by atoms with van der Waals surface area (Å²) in [7, 11) is 1.96. The van der Waals surface area contributed by atoms with Crippen molar-refractivity contribution in [2.45, 2.75) is 19.3 Å². The molecular weight excluding hydrogens is 358 g/mol. The highest BCUT2D eigenvalue weighted by Gasteiger charge is 2.24. The van der Waals surface area contributed by atoms with Gasteiger partial charge in [0.05, 0.1) is 23.6 Å². The van der Waals surface area contributed by atoms with E-state index in [0.29, 0.717) is 11.9 Å². The molecule has 4 aromatic rings. The van der Waals surface area contributed by atoms with Crippen molar-refractivity contribution >= 4 is 45.3 Å². The van der Waals surface area contributed by atoms with Gasteiger partial charge in [-0.3, -0.25) is 4.68 Å². The maximum atomic E-state index is 4.81. The highest BCUT2D eigenvalue weighted by Crippen LogP contribution is 2.35. The monoisotopic (exact) mass is 377 g/mol. The van der Waals surface area contributed by atoms with Crippen LogP contribution in [0.5, 0.6) is 0 Å². The first kappa shape index (κ1) is 16.4. The number of hydrogen-bond acceptors (Lipinski definition) is 7. The number of rotatable bonds is 3. The highest BCUT2D eigenvalue weighted by atomic mass is 32.2. The minimum Gasteiger partial charge on any atom is -0.324 e. The van der Waals surface area contributed by atoms with Crippen LogP contribution in [0.25, 0.3) is 21.9 Å². The van der Waals surface area contributed by atoms with Crippen LogP contribution in [0.2, 0.25) is 0 Å². The van der Waals surface area contributed by atoms with E-state index in [-0.39, 0.29) is 0 Å². The lowest BCUT2D eigenvalue weighted by Crippen LogP contribution is -2.01. The Hall–Kier alpha value is -2.74. The first-order valence-corrected chi connectivity index (χ1v) is 10.1. The molecule has 4 heterocycles. The van der Waals surface area contributed by atoms with Crippen molar-refractivity contribution in [1.82, 2.24) is 29.9 Å². The van der Waals surface area contributed by atoms with Gasteiger partial charge in [-0.15, -0.1) is 0 Å². The number of hydrogen-bond donors (Lipinski definition) is 1. The molecule has 5 rings (SSSR count). The fourth-order valence-corrected chi connectivity index (χ4v) is 4.77. The molecule has 0 radical (unpaired) electrons. The van der Waals surface area contributed by atoms with Gasteiger partial charge in [-0.2, -0.15) is 27.1 Å². The van der Waals surface area contributed by atoms with Crippen LogP contribution in [0, 0.1) is 6.92 Å². The van der Waals surface area contributed by atoms with Gasteiger partial charge in [0.15, 0.2) is 0 Å². The molecule has 27 heavy (non-hydrogen) atoms. The molecule has 7 nitrogen and oxygen atoms in total. The molecule has 0 amide bonds. The van der Waals surface area contributed by atoms with Crippen LogP contribution < -0.4 is 5.32 Å². The molecule has 3 aromatic heterocycles. The molecule has 1 fully saturated rings. The van der Waals surface area contributed by atoms with Crippen LogP contribution in [0.3, 0.4) is 0 Å². The van der Waals surface area contributed by atoms with Crippen molar-refractivity contribution < 1.29 is 0 Å². The zero-order chi connectivity index (χ0) is 18.4. The largest absolute Gasteiger partial charge is 0.324 e. The Morgan fingerprint density at radius 3 is 3.07 bits per heavy atom. The van der Waals surface area contributed by atoms with Crippen LogP contribution in [0.15, 0.2) is 30.6 Å². The average Bonchev–Trinajstić information content (AvgIpc) is 3.30. The summed E-state index contributed by atoms with van der Waals surface area (Å²) in [5, 5.41) is 17.3. The average molecular weight is 377 g/mol. The van der Waals surface area contributed by atoms with E-state index in [9.17, 15) is 0 Å². The number of thioether (sulfide) groups is 1. The van der Waals surface area contributed by atoms with Gasteiger partial charge in [0.2, 0.25) is 5.95 Å². The summed E-state index contributed by atoms with van der Waals surface area (Å²) in [4.78, 5) is 9.32. The Kier molecular flexibility index (Phi) is 3.93. The SMILES string of the molecule is Cc1cc2nnccc2cc1Nc1ncc2c(n1)c(C1CCSC1)nn2C. The number of fused-ring (bicyclic) bond motifs is 2. The van der Waals surface area contributed by atoms with E-state index in [1.807, 2.05) is 48.7 Å². The minimum absolute atomic E-state index is 0.474. The third-order valence-electron chi connectivity index (χ3n) is 5.04. The van der Waals surface area contributed by atoms with E-state index in [1.54, 1.807) is 6.20 Å². The summed E-state index contributed by atoms with van der Waals surface area (Å²) >= 11 is 1.99. The fraction of sp³-hybridized carbons (Fsp3) is 0.316. The Labute approximate surface area is 160 Å². The van der Waals surface area contributed by atoms with E-state index >= 15 is 0 Å². The zero-order valence-electron chi connectivity index (χ0n) is 15.2. The molecule has 1 aliphatic heterocycles. The first-order chi connectivity index (χ1) is 13.2. The topological polar surface area (TPSA) is 81.4 Å². The van der Waals surface area contributed by atoms with E-state index in [4.69, 9.17) is 10.1 Å². The predicted molar refractivity (Wildman–Crippen MR) is 109 cm³/mol. The van der Waals surface area contributed by atoms with Gasteiger partial charge >= 0.3 is 0 Å². The molecule has 8 heteroatoms.